The average molecular weight is 276 g/mol. The van der Waals surface area contributed by atoms with E-state index in [1.54, 1.807) is 30.1 Å². The zero-order valence-corrected chi connectivity index (χ0v) is 10.8. The van der Waals surface area contributed by atoms with Crippen LogP contribution in [0.15, 0.2) is 47.9 Å². The molecule has 1 heterocycles. The number of rotatable bonds is 6. The highest BCUT2D eigenvalue weighted by Gasteiger charge is 2.02. The monoisotopic (exact) mass is 276 g/mol. The molecule has 1 N–H and O–H groups in total. The van der Waals surface area contributed by atoms with Crippen molar-refractivity contribution in [3.63, 3.8) is 0 Å². The molecule has 0 aliphatic carbocycles. The van der Waals surface area contributed by atoms with Crippen LogP contribution in [-0.2, 0) is 0 Å². The fraction of sp³-hybridized carbons (Fsp3) is 0.154. The van der Waals surface area contributed by atoms with Gasteiger partial charge in [0.25, 0.3) is 0 Å². The standard InChI is InChI=1S/C13H12N2O3S/c16-13(17)10-1-3-11(4-2-10)18-7-8-19-12-5-6-14-9-15-12/h1-6,9H,7-8H2,(H,16,17). The van der Waals surface area contributed by atoms with E-state index in [9.17, 15) is 4.79 Å². The minimum absolute atomic E-state index is 0.253. The highest BCUT2D eigenvalue weighted by molar-refractivity contribution is 7.99. The number of carbonyl (C=O) groups is 1. The number of carboxylic acid groups (broad SMARTS) is 1. The number of hydrogen-bond donors (Lipinski definition) is 1. The lowest BCUT2D eigenvalue weighted by atomic mass is 10.2. The van der Waals surface area contributed by atoms with Crippen molar-refractivity contribution >= 4 is 17.7 Å². The van der Waals surface area contributed by atoms with Crippen LogP contribution in [0.2, 0.25) is 0 Å². The molecule has 98 valence electrons. The van der Waals surface area contributed by atoms with Crippen molar-refractivity contribution in [3.05, 3.63) is 48.4 Å². The van der Waals surface area contributed by atoms with Crippen molar-refractivity contribution in [3.8, 4) is 5.75 Å². The Hall–Kier alpha value is -2.08. The Morgan fingerprint density at radius 2 is 2.05 bits per heavy atom. The molecule has 0 bridgehead atoms. The Bertz CT molecular complexity index is 531. The molecule has 2 rings (SSSR count). The van der Waals surface area contributed by atoms with Crippen LogP contribution in [-0.4, -0.2) is 33.4 Å². The van der Waals surface area contributed by atoms with Crippen molar-refractivity contribution in [2.75, 3.05) is 12.4 Å². The third-order valence-corrected chi connectivity index (χ3v) is 3.17. The molecule has 0 saturated carbocycles. The summed E-state index contributed by atoms with van der Waals surface area (Å²) in [7, 11) is 0. The maximum atomic E-state index is 10.7. The van der Waals surface area contributed by atoms with Crippen molar-refractivity contribution in [2.45, 2.75) is 5.03 Å². The summed E-state index contributed by atoms with van der Waals surface area (Å²) < 4.78 is 5.51. The molecule has 0 aliphatic rings. The maximum absolute atomic E-state index is 10.7. The van der Waals surface area contributed by atoms with E-state index in [-0.39, 0.29) is 5.56 Å². The molecule has 19 heavy (non-hydrogen) atoms. The van der Waals surface area contributed by atoms with Crippen LogP contribution in [0.5, 0.6) is 5.75 Å². The molecule has 0 radical (unpaired) electrons. The average Bonchev–Trinajstić information content (AvgIpc) is 2.45. The molecule has 0 amide bonds. The lowest BCUT2D eigenvalue weighted by Gasteiger charge is -2.05. The number of aromatic carboxylic acids is 1. The molecule has 0 atom stereocenters. The third kappa shape index (κ3) is 4.26. The van der Waals surface area contributed by atoms with Crippen LogP contribution in [0.3, 0.4) is 0 Å². The van der Waals surface area contributed by atoms with Gasteiger partial charge in [-0.3, -0.25) is 0 Å². The quantitative estimate of drug-likeness (QED) is 0.496. The van der Waals surface area contributed by atoms with Gasteiger partial charge in [-0.2, -0.15) is 0 Å². The lowest BCUT2D eigenvalue weighted by Crippen LogP contribution is -2.01. The van der Waals surface area contributed by atoms with Crippen LogP contribution in [0.25, 0.3) is 0 Å². The Morgan fingerprint density at radius 3 is 2.68 bits per heavy atom. The number of hydrogen-bond acceptors (Lipinski definition) is 5. The van der Waals surface area contributed by atoms with E-state index in [2.05, 4.69) is 9.97 Å². The molecular weight excluding hydrogens is 264 g/mol. The maximum Gasteiger partial charge on any atom is 0.335 e. The van der Waals surface area contributed by atoms with Gasteiger partial charge in [0, 0.05) is 11.9 Å². The molecule has 1 aromatic carbocycles. The largest absolute Gasteiger partial charge is 0.493 e. The Morgan fingerprint density at radius 1 is 1.26 bits per heavy atom. The van der Waals surface area contributed by atoms with Gasteiger partial charge >= 0.3 is 5.97 Å². The van der Waals surface area contributed by atoms with Gasteiger partial charge in [-0.1, -0.05) is 0 Å². The molecule has 0 spiro atoms. The fourth-order valence-electron chi connectivity index (χ4n) is 1.36. The number of ether oxygens (including phenoxy) is 1. The molecule has 1 aromatic heterocycles. The summed E-state index contributed by atoms with van der Waals surface area (Å²) >= 11 is 1.58. The van der Waals surface area contributed by atoms with Crippen LogP contribution < -0.4 is 4.74 Å². The molecule has 0 unspecified atom stereocenters. The summed E-state index contributed by atoms with van der Waals surface area (Å²) in [5.41, 5.74) is 0.253. The lowest BCUT2D eigenvalue weighted by molar-refractivity contribution is 0.0697. The number of aromatic nitrogens is 2. The van der Waals surface area contributed by atoms with Gasteiger partial charge in [-0.15, -0.1) is 11.8 Å². The predicted molar refractivity (Wildman–Crippen MR) is 71.7 cm³/mol. The molecular formula is C13H12N2O3S. The second-order valence-corrected chi connectivity index (χ2v) is 4.69. The van der Waals surface area contributed by atoms with Crippen LogP contribution in [0.1, 0.15) is 10.4 Å². The third-order valence-electron chi connectivity index (χ3n) is 2.26. The van der Waals surface area contributed by atoms with E-state index in [1.807, 2.05) is 6.07 Å². The first kappa shape index (κ1) is 13.4. The topological polar surface area (TPSA) is 72.3 Å². The van der Waals surface area contributed by atoms with Crippen LogP contribution >= 0.6 is 11.8 Å². The predicted octanol–water partition coefficient (Wildman–Crippen LogP) is 2.35. The molecule has 0 fully saturated rings. The minimum Gasteiger partial charge on any atom is -0.493 e. The van der Waals surface area contributed by atoms with Gasteiger partial charge in [0.15, 0.2) is 0 Å². The molecule has 5 nitrogen and oxygen atoms in total. The Balaban J connectivity index is 1.75. The van der Waals surface area contributed by atoms with Gasteiger partial charge in [0.05, 0.1) is 17.2 Å². The normalized spacial score (nSPS) is 10.1. The van der Waals surface area contributed by atoms with Gasteiger partial charge in [0.1, 0.15) is 12.1 Å². The first-order valence-electron chi connectivity index (χ1n) is 5.60. The molecule has 6 heteroatoms. The zero-order chi connectivity index (χ0) is 13.5. The number of benzene rings is 1. The highest BCUT2D eigenvalue weighted by atomic mass is 32.2. The SMILES string of the molecule is O=C(O)c1ccc(OCCSc2ccncn2)cc1. The summed E-state index contributed by atoms with van der Waals surface area (Å²) in [6.45, 7) is 0.529. The number of carboxylic acids is 1. The van der Waals surface area contributed by atoms with E-state index >= 15 is 0 Å². The van der Waals surface area contributed by atoms with E-state index in [1.165, 1.54) is 18.5 Å². The van der Waals surface area contributed by atoms with Gasteiger partial charge in [-0.05, 0) is 30.3 Å². The summed E-state index contributed by atoms with van der Waals surface area (Å²) in [6, 6.07) is 8.19. The Kier molecular flexibility index (Phi) is 4.74. The van der Waals surface area contributed by atoms with E-state index in [0.29, 0.717) is 12.4 Å². The number of thioether (sulfide) groups is 1. The summed E-state index contributed by atoms with van der Waals surface area (Å²) in [4.78, 5) is 18.6. The second-order valence-electron chi connectivity index (χ2n) is 3.57. The van der Waals surface area contributed by atoms with Crippen molar-refractivity contribution in [2.24, 2.45) is 0 Å². The van der Waals surface area contributed by atoms with Crippen LogP contribution in [0, 0.1) is 0 Å². The van der Waals surface area contributed by atoms with Crippen molar-refractivity contribution in [1.82, 2.24) is 9.97 Å². The van der Waals surface area contributed by atoms with Crippen molar-refractivity contribution < 1.29 is 14.6 Å². The van der Waals surface area contributed by atoms with E-state index in [0.717, 1.165) is 10.8 Å². The van der Waals surface area contributed by atoms with Gasteiger partial charge in [-0.25, -0.2) is 14.8 Å². The zero-order valence-electron chi connectivity index (χ0n) is 10.0. The van der Waals surface area contributed by atoms with Crippen molar-refractivity contribution in [1.29, 1.82) is 0 Å². The minimum atomic E-state index is -0.939. The van der Waals surface area contributed by atoms with E-state index in [4.69, 9.17) is 9.84 Å². The highest BCUT2D eigenvalue weighted by Crippen LogP contribution is 2.15. The first-order chi connectivity index (χ1) is 9.25. The second kappa shape index (κ2) is 6.75. The molecule has 0 aliphatic heterocycles. The first-order valence-corrected chi connectivity index (χ1v) is 6.59. The number of nitrogens with zero attached hydrogens (tertiary/aromatic N) is 2. The Labute approximate surface area is 114 Å². The molecule has 0 saturated heterocycles. The summed E-state index contributed by atoms with van der Waals surface area (Å²) in [5, 5.41) is 9.66. The fourth-order valence-corrected chi connectivity index (χ4v) is 2.02. The summed E-state index contributed by atoms with van der Waals surface area (Å²) in [5.74, 6) is 0.483. The van der Waals surface area contributed by atoms with Crippen LogP contribution in [0.4, 0.5) is 0 Å². The smallest absolute Gasteiger partial charge is 0.335 e. The van der Waals surface area contributed by atoms with E-state index < -0.39 is 5.97 Å². The molecule has 2 aromatic rings. The van der Waals surface area contributed by atoms with Gasteiger partial charge in [0.2, 0.25) is 0 Å². The van der Waals surface area contributed by atoms with Gasteiger partial charge < -0.3 is 9.84 Å². The summed E-state index contributed by atoms with van der Waals surface area (Å²) in [6.07, 6.45) is 3.20.